The lowest BCUT2D eigenvalue weighted by atomic mass is 10.4. The number of hydrogen-bond acceptors (Lipinski definition) is 7. The van der Waals surface area contributed by atoms with Gasteiger partial charge in [0.15, 0.2) is 0 Å². The molecule has 2 heterocycles. The summed E-state index contributed by atoms with van der Waals surface area (Å²) >= 11 is 1.70. The van der Waals surface area contributed by atoms with E-state index < -0.39 is 0 Å². The van der Waals surface area contributed by atoms with Crippen LogP contribution in [0.15, 0.2) is 18.5 Å². The first-order valence-corrected chi connectivity index (χ1v) is 6.10. The summed E-state index contributed by atoms with van der Waals surface area (Å²) in [5, 5.41) is 4.22. The van der Waals surface area contributed by atoms with Gasteiger partial charge in [-0.05, 0) is 12.5 Å². The van der Waals surface area contributed by atoms with Crippen molar-refractivity contribution in [3.05, 3.63) is 28.3 Å². The van der Waals surface area contributed by atoms with E-state index in [1.54, 1.807) is 23.6 Å². The van der Waals surface area contributed by atoms with Gasteiger partial charge in [-0.15, -0.1) is 11.3 Å². The Kier molecular flexibility index (Phi) is 3.84. The predicted octanol–water partition coefficient (Wildman–Crippen LogP) is 1.39. The zero-order valence-electron chi connectivity index (χ0n) is 9.47. The molecule has 0 aliphatic rings. The molecule has 0 unspecified atom stereocenters. The Morgan fingerprint density at radius 3 is 3.00 bits per heavy atom. The first kappa shape index (κ1) is 11.7. The lowest BCUT2D eigenvalue weighted by molar-refractivity contribution is 1.05. The van der Waals surface area contributed by atoms with Crippen LogP contribution in [0.4, 0.5) is 11.8 Å². The van der Waals surface area contributed by atoms with E-state index in [4.69, 9.17) is 5.84 Å². The second-order valence-electron chi connectivity index (χ2n) is 3.34. The fourth-order valence-corrected chi connectivity index (χ4v) is 2.09. The lowest BCUT2D eigenvalue weighted by Gasteiger charge is -2.04. The molecule has 2 rings (SSSR count). The molecule has 0 amide bonds. The molecule has 0 spiro atoms. The summed E-state index contributed by atoms with van der Waals surface area (Å²) in [4.78, 5) is 13.7. The molecule has 0 saturated carbocycles. The number of nitrogens with two attached hydrogens (primary N) is 1. The maximum Gasteiger partial charge on any atom is 0.239 e. The number of nitrogens with one attached hydrogen (secondary N) is 2. The molecule has 0 aliphatic heterocycles. The van der Waals surface area contributed by atoms with E-state index in [2.05, 4.69) is 32.6 Å². The Labute approximate surface area is 103 Å². The second kappa shape index (κ2) is 5.55. The van der Waals surface area contributed by atoms with Gasteiger partial charge in [0.05, 0.1) is 6.54 Å². The Morgan fingerprint density at radius 1 is 1.41 bits per heavy atom. The van der Waals surface area contributed by atoms with Crippen molar-refractivity contribution in [2.24, 2.45) is 5.84 Å². The number of hydrogen-bond donors (Lipinski definition) is 3. The van der Waals surface area contributed by atoms with Crippen LogP contribution in [0.2, 0.25) is 0 Å². The zero-order chi connectivity index (χ0) is 12.1. The van der Waals surface area contributed by atoms with Crippen LogP contribution in [0, 0.1) is 0 Å². The van der Waals surface area contributed by atoms with E-state index in [0.29, 0.717) is 12.5 Å². The predicted molar refractivity (Wildman–Crippen MR) is 68.7 cm³/mol. The molecule has 0 radical (unpaired) electrons. The number of aromatic nitrogens is 3. The fraction of sp³-hybridized carbons (Fsp3) is 0.300. The van der Waals surface area contributed by atoms with Crippen molar-refractivity contribution < 1.29 is 0 Å². The quantitative estimate of drug-likeness (QED) is 0.549. The molecule has 0 fully saturated rings. The number of hydrazine groups is 1. The summed E-state index contributed by atoms with van der Waals surface area (Å²) in [7, 11) is 0. The molecule has 0 bridgehead atoms. The van der Waals surface area contributed by atoms with Gasteiger partial charge in [0.2, 0.25) is 5.95 Å². The fourth-order valence-electron chi connectivity index (χ4n) is 1.29. The van der Waals surface area contributed by atoms with Crippen LogP contribution in [-0.2, 0) is 13.0 Å². The summed E-state index contributed by atoms with van der Waals surface area (Å²) in [6.45, 7) is 2.78. The van der Waals surface area contributed by atoms with Gasteiger partial charge in [0.1, 0.15) is 10.8 Å². The van der Waals surface area contributed by atoms with E-state index in [-0.39, 0.29) is 0 Å². The Morgan fingerprint density at radius 2 is 2.29 bits per heavy atom. The van der Waals surface area contributed by atoms with Gasteiger partial charge in [0, 0.05) is 17.3 Å². The topological polar surface area (TPSA) is 88.8 Å². The van der Waals surface area contributed by atoms with E-state index in [0.717, 1.165) is 17.2 Å². The number of anilines is 2. The summed E-state index contributed by atoms with van der Waals surface area (Å²) in [6, 6.07) is 1.79. The molecule has 0 aromatic carbocycles. The SMILES string of the molecule is CCc1cnc(CNc2ccnc(NN)n2)s1. The average Bonchev–Trinajstić information content (AvgIpc) is 2.84. The molecule has 4 N–H and O–H groups in total. The number of aryl methyl sites for hydroxylation is 1. The van der Waals surface area contributed by atoms with Crippen molar-refractivity contribution in [1.82, 2.24) is 15.0 Å². The Bertz CT molecular complexity index is 483. The number of thiazole rings is 1. The summed E-state index contributed by atoms with van der Waals surface area (Å²) in [6.07, 6.45) is 4.57. The molecule has 17 heavy (non-hydrogen) atoms. The molecular weight excluding hydrogens is 236 g/mol. The normalized spacial score (nSPS) is 10.2. The van der Waals surface area contributed by atoms with Crippen molar-refractivity contribution in [2.45, 2.75) is 19.9 Å². The Balaban J connectivity index is 1.96. The van der Waals surface area contributed by atoms with Gasteiger partial charge in [-0.1, -0.05) is 6.92 Å². The minimum atomic E-state index is 0.392. The van der Waals surface area contributed by atoms with Crippen molar-refractivity contribution in [1.29, 1.82) is 0 Å². The molecule has 6 nitrogen and oxygen atoms in total. The van der Waals surface area contributed by atoms with E-state index in [1.165, 1.54) is 4.88 Å². The van der Waals surface area contributed by atoms with Gasteiger partial charge in [0.25, 0.3) is 0 Å². The highest BCUT2D eigenvalue weighted by Crippen LogP contribution is 2.14. The second-order valence-corrected chi connectivity index (χ2v) is 4.54. The van der Waals surface area contributed by atoms with Crippen LogP contribution in [0.5, 0.6) is 0 Å². The minimum Gasteiger partial charge on any atom is -0.363 e. The first-order valence-electron chi connectivity index (χ1n) is 5.29. The van der Waals surface area contributed by atoms with Crippen molar-refractivity contribution >= 4 is 23.1 Å². The lowest BCUT2D eigenvalue weighted by Crippen LogP contribution is -2.11. The summed E-state index contributed by atoms with van der Waals surface area (Å²) in [5.74, 6) is 6.35. The third kappa shape index (κ3) is 3.11. The van der Waals surface area contributed by atoms with E-state index >= 15 is 0 Å². The monoisotopic (exact) mass is 250 g/mol. The van der Waals surface area contributed by atoms with Crippen molar-refractivity contribution in [3.8, 4) is 0 Å². The molecule has 0 saturated heterocycles. The largest absolute Gasteiger partial charge is 0.363 e. The molecule has 90 valence electrons. The standard InChI is InChI=1S/C10H14N6S/c1-2-7-5-14-9(17-7)6-13-8-3-4-12-10(15-8)16-11/h3-5H,2,6,11H2,1H3,(H2,12,13,15,16). The summed E-state index contributed by atoms with van der Waals surface area (Å²) < 4.78 is 0. The minimum absolute atomic E-state index is 0.392. The van der Waals surface area contributed by atoms with E-state index in [9.17, 15) is 0 Å². The van der Waals surface area contributed by atoms with Crippen LogP contribution in [0.25, 0.3) is 0 Å². The number of nitrogens with zero attached hydrogens (tertiary/aromatic N) is 3. The van der Waals surface area contributed by atoms with Gasteiger partial charge in [-0.2, -0.15) is 4.98 Å². The van der Waals surface area contributed by atoms with Crippen LogP contribution >= 0.6 is 11.3 Å². The maximum atomic E-state index is 5.23. The highest BCUT2D eigenvalue weighted by molar-refractivity contribution is 7.11. The Hall–Kier alpha value is -1.73. The summed E-state index contributed by atoms with van der Waals surface area (Å²) in [5.41, 5.74) is 2.40. The van der Waals surface area contributed by atoms with Gasteiger partial charge >= 0.3 is 0 Å². The molecule has 0 aliphatic carbocycles. The average molecular weight is 250 g/mol. The molecule has 7 heteroatoms. The van der Waals surface area contributed by atoms with Crippen LogP contribution in [-0.4, -0.2) is 15.0 Å². The third-order valence-electron chi connectivity index (χ3n) is 2.16. The van der Waals surface area contributed by atoms with Crippen LogP contribution < -0.4 is 16.6 Å². The first-order chi connectivity index (χ1) is 8.31. The maximum absolute atomic E-state index is 5.23. The van der Waals surface area contributed by atoms with Gasteiger partial charge in [-0.3, -0.25) is 5.43 Å². The molecule has 2 aromatic heterocycles. The highest BCUT2D eigenvalue weighted by atomic mass is 32.1. The van der Waals surface area contributed by atoms with Crippen molar-refractivity contribution in [2.75, 3.05) is 10.7 Å². The zero-order valence-corrected chi connectivity index (χ0v) is 10.3. The van der Waals surface area contributed by atoms with Crippen molar-refractivity contribution in [3.63, 3.8) is 0 Å². The van der Waals surface area contributed by atoms with E-state index in [1.807, 2.05) is 6.20 Å². The molecular formula is C10H14N6S. The third-order valence-corrected chi connectivity index (χ3v) is 3.30. The molecule has 0 atom stereocenters. The van der Waals surface area contributed by atoms with Gasteiger partial charge in [-0.25, -0.2) is 15.8 Å². The molecule has 2 aromatic rings. The van der Waals surface area contributed by atoms with Crippen LogP contribution in [0.1, 0.15) is 16.8 Å². The highest BCUT2D eigenvalue weighted by Gasteiger charge is 2.01. The van der Waals surface area contributed by atoms with Crippen LogP contribution in [0.3, 0.4) is 0 Å². The number of rotatable bonds is 5. The number of nitrogen functional groups attached to an aromatic ring is 1. The van der Waals surface area contributed by atoms with Gasteiger partial charge < -0.3 is 5.32 Å². The smallest absolute Gasteiger partial charge is 0.239 e.